The molecule has 2 N–H and O–H groups in total. The zero-order valence-electron chi connectivity index (χ0n) is 11.7. The van der Waals surface area contributed by atoms with Gasteiger partial charge in [0.2, 0.25) is 5.91 Å². The average Bonchev–Trinajstić information content (AvgIpc) is 2.23. The zero-order chi connectivity index (χ0) is 15.0. The summed E-state index contributed by atoms with van der Waals surface area (Å²) in [5.74, 6) is -1.73. The molecule has 0 saturated heterocycles. The molecule has 1 atom stereocenters. The second kappa shape index (κ2) is 8.29. The van der Waals surface area contributed by atoms with Crippen LogP contribution < -0.4 is 5.32 Å². The molecule has 3 amide bonds. The molecule has 1 unspecified atom stereocenters. The molecule has 108 valence electrons. The van der Waals surface area contributed by atoms with Crippen molar-refractivity contribution in [3.8, 4) is 0 Å². The molecule has 0 fully saturated rings. The van der Waals surface area contributed by atoms with Crippen molar-refractivity contribution >= 4 is 17.9 Å². The van der Waals surface area contributed by atoms with Gasteiger partial charge in [0.15, 0.2) is 0 Å². The van der Waals surface area contributed by atoms with Gasteiger partial charge >= 0.3 is 12.0 Å². The van der Waals surface area contributed by atoms with Crippen molar-refractivity contribution < 1.29 is 19.5 Å². The maximum absolute atomic E-state index is 11.8. The minimum Gasteiger partial charge on any atom is -0.481 e. The minimum absolute atomic E-state index is 0.0120. The molecular weight excluding hydrogens is 248 g/mol. The predicted octanol–water partition coefficient (Wildman–Crippen LogP) is 1.62. The lowest BCUT2D eigenvalue weighted by atomic mass is 10.0. The highest BCUT2D eigenvalue weighted by Crippen LogP contribution is 2.07. The molecule has 0 radical (unpaired) electrons. The lowest BCUT2D eigenvalue weighted by Gasteiger charge is -2.25. The second-order valence-electron chi connectivity index (χ2n) is 4.80. The van der Waals surface area contributed by atoms with Gasteiger partial charge in [-0.1, -0.05) is 13.0 Å². The van der Waals surface area contributed by atoms with Gasteiger partial charge in [0.05, 0.1) is 0 Å². The third-order valence-corrected chi connectivity index (χ3v) is 2.51. The van der Waals surface area contributed by atoms with Crippen molar-refractivity contribution in [1.29, 1.82) is 0 Å². The third kappa shape index (κ3) is 7.23. The van der Waals surface area contributed by atoms with E-state index < -0.39 is 17.9 Å². The Bertz CT molecular complexity index is 353. The Labute approximate surface area is 113 Å². The summed E-state index contributed by atoms with van der Waals surface area (Å²) in [6, 6.07) is -0.537. The smallest absolute Gasteiger partial charge is 0.324 e. The number of carboxylic acids is 1. The first-order chi connectivity index (χ1) is 8.77. The van der Waals surface area contributed by atoms with Gasteiger partial charge in [-0.15, -0.1) is 6.58 Å². The van der Waals surface area contributed by atoms with Crippen LogP contribution in [0.25, 0.3) is 0 Å². The third-order valence-electron chi connectivity index (χ3n) is 2.51. The number of imide groups is 1. The van der Waals surface area contributed by atoms with Crippen LogP contribution in [-0.4, -0.2) is 40.5 Å². The number of hydrogen-bond donors (Lipinski definition) is 2. The van der Waals surface area contributed by atoms with Crippen molar-refractivity contribution in [3.63, 3.8) is 0 Å². The van der Waals surface area contributed by atoms with Gasteiger partial charge in [-0.05, 0) is 19.8 Å². The maximum atomic E-state index is 11.8. The highest BCUT2D eigenvalue weighted by atomic mass is 16.4. The topological polar surface area (TPSA) is 86.7 Å². The summed E-state index contributed by atoms with van der Waals surface area (Å²) in [5, 5.41) is 10.8. The number of hydrogen-bond acceptors (Lipinski definition) is 3. The fourth-order valence-electron chi connectivity index (χ4n) is 1.60. The normalized spacial score (nSPS) is 11.8. The first-order valence-corrected chi connectivity index (χ1v) is 6.21. The molecule has 6 nitrogen and oxygen atoms in total. The molecular formula is C13H22N2O4. The molecule has 0 aliphatic heterocycles. The first kappa shape index (κ1) is 17.2. The summed E-state index contributed by atoms with van der Waals surface area (Å²) in [5.41, 5.74) is 0. The average molecular weight is 270 g/mol. The summed E-state index contributed by atoms with van der Waals surface area (Å²) in [6.07, 6.45) is 1.50. The van der Waals surface area contributed by atoms with Gasteiger partial charge in [0, 0.05) is 25.4 Å². The van der Waals surface area contributed by atoms with Crippen LogP contribution in [0.3, 0.4) is 0 Å². The molecule has 0 aromatic rings. The second-order valence-corrected chi connectivity index (χ2v) is 4.80. The molecule has 0 rings (SSSR count). The highest BCUT2D eigenvalue weighted by molar-refractivity contribution is 5.94. The minimum atomic E-state index is -0.956. The van der Waals surface area contributed by atoms with Crippen LogP contribution in [0, 0.1) is 5.92 Å². The number of carbonyl (C=O) groups excluding carboxylic acids is 2. The number of nitrogens with one attached hydrogen (secondary N) is 1. The Morgan fingerprint density at radius 3 is 2.26 bits per heavy atom. The van der Waals surface area contributed by atoms with Crippen molar-refractivity contribution in [2.45, 2.75) is 39.7 Å². The standard InChI is InChI=1S/C13H22N2O4/c1-5-6-15(9(2)3)13(19)14-11(16)7-10(4)8-12(17)18/h5,9-10H,1,6-8H2,2-4H3,(H,17,18)(H,14,16,19). The van der Waals surface area contributed by atoms with Crippen LogP contribution in [0.5, 0.6) is 0 Å². The van der Waals surface area contributed by atoms with Crippen LogP contribution in [0.15, 0.2) is 12.7 Å². The SMILES string of the molecule is C=CCN(C(=O)NC(=O)CC(C)CC(=O)O)C(C)C. The highest BCUT2D eigenvalue weighted by Gasteiger charge is 2.19. The van der Waals surface area contributed by atoms with E-state index in [4.69, 9.17) is 5.11 Å². The van der Waals surface area contributed by atoms with E-state index in [1.54, 1.807) is 13.0 Å². The Morgan fingerprint density at radius 1 is 1.26 bits per heavy atom. The summed E-state index contributed by atoms with van der Waals surface area (Å²) in [6.45, 7) is 9.23. The van der Waals surface area contributed by atoms with Crippen LogP contribution in [0.2, 0.25) is 0 Å². The van der Waals surface area contributed by atoms with Crippen LogP contribution in [0.1, 0.15) is 33.6 Å². The first-order valence-electron chi connectivity index (χ1n) is 6.21. The molecule has 0 aromatic carbocycles. The molecule has 0 aliphatic rings. The van der Waals surface area contributed by atoms with Crippen molar-refractivity contribution in [2.24, 2.45) is 5.92 Å². The van der Waals surface area contributed by atoms with Crippen molar-refractivity contribution in [1.82, 2.24) is 10.2 Å². The molecule has 0 heterocycles. The van der Waals surface area contributed by atoms with Gasteiger partial charge < -0.3 is 10.0 Å². The Kier molecular flexibility index (Phi) is 7.48. The van der Waals surface area contributed by atoms with E-state index in [1.165, 1.54) is 4.90 Å². The number of urea groups is 1. The monoisotopic (exact) mass is 270 g/mol. The summed E-state index contributed by atoms with van der Waals surface area (Å²) >= 11 is 0. The van der Waals surface area contributed by atoms with Gasteiger partial charge in [0.25, 0.3) is 0 Å². The van der Waals surface area contributed by atoms with E-state index >= 15 is 0 Å². The van der Waals surface area contributed by atoms with E-state index in [1.807, 2.05) is 13.8 Å². The van der Waals surface area contributed by atoms with Crippen molar-refractivity contribution in [3.05, 3.63) is 12.7 Å². The van der Waals surface area contributed by atoms with E-state index in [2.05, 4.69) is 11.9 Å². The van der Waals surface area contributed by atoms with Crippen LogP contribution in [-0.2, 0) is 9.59 Å². The summed E-state index contributed by atoms with van der Waals surface area (Å²) in [7, 11) is 0. The molecule has 0 bridgehead atoms. The molecule has 0 spiro atoms. The van der Waals surface area contributed by atoms with Gasteiger partial charge in [0.1, 0.15) is 0 Å². The molecule has 19 heavy (non-hydrogen) atoms. The van der Waals surface area contributed by atoms with E-state index in [0.717, 1.165) is 0 Å². The zero-order valence-corrected chi connectivity index (χ0v) is 11.7. The largest absolute Gasteiger partial charge is 0.481 e. The van der Waals surface area contributed by atoms with Crippen LogP contribution >= 0.6 is 0 Å². The van der Waals surface area contributed by atoms with Gasteiger partial charge in [-0.25, -0.2) is 4.79 Å². The fraction of sp³-hybridized carbons (Fsp3) is 0.615. The number of rotatable bonds is 7. The van der Waals surface area contributed by atoms with E-state index in [0.29, 0.717) is 6.54 Å². The lowest BCUT2D eigenvalue weighted by Crippen LogP contribution is -2.46. The van der Waals surface area contributed by atoms with Crippen molar-refractivity contribution in [2.75, 3.05) is 6.54 Å². The summed E-state index contributed by atoms with van der Waals surface area (Å²) < 4.78 is 0. The Morgan fingerprint density at radius 2 is 1.84 bits per heavy atom. The number of carboxylic acid groups (broad SMARTS) is 1. The molecule has 0 aliphatic carbocycles. The quantitative estimate of drug-likeness (QED) is 0.688. The van der Waals surface area contributed by atoms with Gasteiger partial charge in [-0.2, -0.15) is 0 Å². The Hall–Kier alpha value is -1.85. The molecule has 6 heteroatoms. The number of amides is 3. The molecule has 0 saturated carbocycles. The number of nitrogens with zero attached hydrogens (tertiary/aromatic N) is 1. The summed E-state index contributed by atoms with van der Waals surface area (Å²) in [4.78, 5) is 35.4. The predicted molar refractivity (Wildman–Crippen MR) is 71.6 cm³/mol. The number of carbonyl (C=O) groups is 3. The number of aliphatic carboxylic acids is 1. The van der Waals surface area contributed by atoms with Gasteiger partial charge in [-0.3, -0.25) is 14.9 Å². The maximum Gasteiger partial charge on any atom is 0.324 e. The fourth-order valence-corrected chi connectivity index (χ4v) is 1.60. The lowest BCUT2D eigenvalue weighted by molar-refractivity contribution is -0.138. The Balaban J connectivity index is 4.34. The van der Waals surface area contributed by atoms with Crippen LogP contribution in [0.4, 0.5) is 4.79 Å². The van der Waals surface area contributed by atoms with E-state index in [9.17, 15) is 14.4 Å². The molecule has 0 aromatic heterocycles. The van der Waals surface area contributed by atoms with E-state index in [-0.39, 0.29) is 24.8 Å².